The summed E-state index contributed by atoms with van der Waals surface area (Å²) in [6.45, 7) is 11.8. The molecule has 0 radical (unpaired) electrons. The smallest absolute Gasteiger partial charge is 0.0459 e. The molecule has 0 aliphatic carbocycles. The topological polar surface area (TPSA) is 47.4 Å². The minimum absolute atomic E-state index is 0.722. The molecule has 3 nitrogen and oxygen atoms in total. The van der Waals surface area contributed by atoms with Crippen molar-refractivity contribution in [2.24, 2.45) is 0 Å². The fourth-order valence-corrected chi connectivity index (χ4v) is 5.23. The number of H-pyrrole nitrogens is 3. The van der Waals surface area contributed by atoms with Crippen LogP contribution in [0.25, 0.3) is 18.2 Å². The molecule has 3 aromatic rings. The molecular weight excluding hydrogens is 289 g/mol. The van der Waals surface area contributed by atoms with Gasteiger partial charge >= 0.3 is 0 Å². The molecule has 0 unspecified atom stereocenters. The average Bonchev–Trinajstić information content (AvgIpc) is 3.28. The number of rotatable bonds is 6. The van der Waals surface area contributed by atoms with E-state index in [1.54, 1.807) is 0 Å². The van der Waals surface area contributed by atoms with Gasteiger partial charge in [-0.15, -0.1) is 0 Å². The lowest BCUT2D eigenvalue weighted by molar-refractivity contribution is 1.38. The summed E-state index contributed by atoms with van der Waals surface area (Å²) in [7, 11) is -0.722. The van der Waals surface area contributed by atoms with Gasteiger partial charge in [-0.05, 0) is 44.3 Å². The van der Waals surface area contributed by atoms with Crippen molar-refractivity contribution in [2.45, 2.75) is 0 Å². The van der Waals surface area contributed by atoms with Crippen molar-refractivity contribution in [1.82, 2.24) is 15.0 Å². The van der Waals surface area contributed by atoms with Gasteiger partial charge in [0.25, 0.3) is 0 Å². The van der Waals surface area contributed by atoms with Crippen LogP contribution in [-0.2, 0) is 0 Å². The summed E-state index contributed by atoms with van der Waals surface area (Å²) in [5.41, 5.74) is 3.16. The maximum Gasteiger partial charge on any atom is 0.0459 e. The molecule has 0 saturated carbocycles. The Morgan fingerprint density at radius 1 is 0.636 bits per heavy atom. The molecule has 0 fully saturated rings. The lowest BCUT2D eigenvalue weighted by atomic mass is 10.4. The Morgan fingerprint density at radius 3 is 1.23 bits per heavy atom. The Balaban J connectivity index is 2.25. The van der Waals surface area contributed by atoms with Crippen LogP contribution in [-0.4, -0.2) is 15.0 Å². The first-order chi connectivity index (χ1) is 10.8. The fraction of sp³-hybridized carbons (Fsp3) is 0. The number of aromatic nitrogens is 3. The van der Waals surface area contributed by atoms with Crippen LogP contribution in [0.1, 0.15) is 17.1 Å². The molecule has 0 aliphatic heterocycles. The molecule has 4 heteroatoms. The van der Waals surface area contributed by atoms with Crippen LogP contribution in [0, 0.1) is 0 Å². The van der Waals surface area contributed by atoms with Gasteiger partial charge in [0.1, 0.15) is 0 Å². The molecule has 0 amide bonds. The van der Waals surface area contributed by atoms with E-state index in [-0.39, 0.29) is 0 Å². The van der Waals surface area contributed by atoms with Crippen molar-refractivity contribution in [3.8, 4) is 0 Å². The highest BCUT2D eigenvalue weighted by Gasteiger charge is 2.24. The van der Waals surface area contributed by atoms with Gasteiger partial charge in [0.15, 0.2) is 0 Å². The van der Waals surface area contributed by atoms with Gasteiger partial charge in [0.05, 0.1) is 0 Å². The third-order valence-electron chi connectivity index (χ3n) is 3.60. The van der Waals surface area contributed by atoms with Crippen molar-refractivity contribution < 1.29 is 0 Å². The summed E-state index contributed by atoms with van der Waals surface area (Å²) in [5.74, 6) is 0. The van der Waals surface area contributed by atoms with Crippen molar-refractivity contribution in [3.63, 3.8) is 0 Å². The molecule has 110 valence electrons. The summed E-state index contributed by atoms with van der Waals surface area (Å²) in [6.07, 6.45) is 11.5. The van der Waals surface area contributed by atoms with Gasteiger partial charge in [-0.25, -0.2) is 0 Å². The summed E-state index contributed by atoms with van der Waals surface area (Å²) in [4.78, 5) is 9.78. The Hall–Kier alpha value is -2.51. The van der Waals surface area contributed by atoms with Crippen LogP contribution in [0.3, 0.4) is 0 Å². The predicted molar refractivity (Wildman–Crippen MR) is 98.5 cm³/mol. The number of nitrogens with one attached hydrogen (secondary N) is 3. The molecule has 3 rings (SSSR count). The van der Waals surface area contributed by atoms with Crippen LogP contribution >= 0.6 is 7.92 Å². The monoisotopic (exact) mass is 307 g/mol. The summed E-state index contributed by atoms with van der Waals surface area (Å²) >= 11 is 0. The second-order valence-corrected chi connectivity index (χ2v) is 6.89. The zero-order valence-corrected chi connectivity index (χ0v) is 13.2. The minimum atomic E-state index is -0.722. The van der Waals surface area contributed by atoms with E-state index >= 15 is 0 Å². The van der Waals surface area contributed by atoms with Crippen molar-refractivity contribution in [2.75, 3.05) is 0 Å². The van der Waals surface area contributed by atoms with E-state index in [0.29, 0.717) is 0 Å². The van der Waals surface area contributed by atoms with Crippen LogP contribution < -0.4 is 15.9 Å². The van der Waals surface area contributed by atoms with Gasteiger partial charge in [-0.2, -0.15) is 0 Å². The highest BCUT2D eigenvalue weighted by atomic mass is 31.1. The largest absolute Gasteiger partial charge is 0.361 e. The third kappa shape index (κ3) is 2.30. The maximum absolute atomic E-state index is 3.92. The van der Waals surface area contributed by atoms with Crippen LogP contribution in [0.5, 0.6) is 0 Å². The molecule has 0 saturated heterocycles. The van der Waals surface area contributed by atoms with E-state index in [4.69, 9.17) is 0 Å². The lowest BCUT2D eigenvalue weighted by Gasteiger charge is -2.18. The molecule has 3 aromatic heterocycles. The molecule has 0 atom stereocenters. The first-order valence-corrected chi connectivity index (χ1v) is 8.34. The lowest BCUT2D eigenvalue weighted by Crippen LogP contribution is -2.22. The molecule has 0 spiro atoms. The van der Waals surface area contributed by atoms with Gasteiger partial charge in [-0.1, -0.05) is 19.7 Å². The Bertz CT molecular complexity index is 709. The zero-order valence-electron chi connectivity index (χ0n) is 12.3. The van der Waals surface area contributed by atoms with Gasteiger partial charge in [0, 0.05) is 51.6 Å². The SMILES string of the molecule is C=Cc1[nH]ccc1P(c1cc[nH]c1C=C)c1cc[nH]c1C=C. The van der Waals surface area contributed by atoms with E-state index in [9.17, 15) is 0 Å². The first kappa shape index (κ1) is 14.4. The van der Waals surface area contributed by atoms with Crippen LogP contribution in [0.2, 0.25) is 0 Å². The molecular formula is C18H18N3P. The predicted octanol–water partition coefficient (Wildman–Crippen LogP) is 3.36. The summed E-state index contributed by atoms with van der Waals surface area (Å²) < 4.78 is 0. The van der Waals surface area contributed by atoms with Gasteiger partial charge in [-0.3, -0.25) is 0 Å². The normalized spacial score (nSPS) is 10.8. The Kier molecular flexibility index (Phi) is 3.99. The molecule has 3 N–H and O–H groups in total. The number of hydrogen-bond acceptors (Lipinski definition) is 0. The van der Waals surface area contributed by atoms with Crippen LogP contribution in [0.4, 0.5) is 0 Å². The van der Waals surface area contributed by atoms with Gasteiger partial charge in [0.2, 0.25) is 0 Å². The first-order valence-electron chi connectivity index (χ1n) is 6.99. The van der Waals surface area contributed by atoms with E-state index < -0.39 is 7.92 Å². The van der Waals surface area contributed by atoms with E-state index in [1.807, 2.05) is 36.8 Å². The summed E-state index contributed by atoms with van der Waals surface area (Å²) in [5, 5.41) is 3.74. The van der Waals surface area contributed by atoms with Crippen molar-refractivity contribution >= 4 is 42.1 Å². The molecule has 0 bridgehead atoms. The molecule has 0 aromatic carbocycles. The quantitative estimate of drug-likeness (QED) is 0.585. The fourth-order valence-electron chi connectivity index (χ4n) is 2.59. The standard InChI is InChI=1S/C18H18N3P/c1-4-13-16(7-10-19-13)22(17-8-11-20-14(17)5-2)18-9-12-21-15(18)6-3/h4-12,19-21H,1-3H2. The van der Waals surface area contributed by atoms with E-state index in [2.05, 4.69) is 52.9 Å². The highest BCUT2D eigenvalue weighted by molar-refractivity contribution is 7.80. The highest BCUT2D eigenvalue weighted by Crippen LogP contribution is 2.37. The molecule has 3 heterocycles. The van der Waals surface area contributed by atoms with Crippen LogP contribution in [0.15, 0.2) is 56.5 Å². The second kappa shape index (κ2) is 6.08. The van der Waals surface area contributed by atoms with Gasteiger partial charge < -0.3 is 15.0 Å². The molecule has 22 heavy (non-hydrogen) atoms. The Labute approximate surface area is 131 Å². The zero-order chi connectivity index (χ0) is 15.5. The maximum atomic E-state index is 3.92. The minimum Gasteiger partial charge on any atom is -0.361 e. The van der Waals surface area contributed by atoms with Crippen molar-refractivity contribution in [3.05, 3.63) is 73.6 Å². The van der Waals surface area contributed by atoms with E-state index in [0.717, 1.165) is 17.1 Å². The number of hydrogen-bond donors (Lipinski definition) is 3. The van der Waals surface area contributed by atoms with Crippen molar-refractivity contribution in [1.29, 1.82) is 0 Å². The summed E-state index contributed by atoms with van der Waals surface area (Å²) in [6, 6.07) is 6.38. The second-order valence-electron chi connectivity index (χ2n) is 4.78. The Morgan fingerprint density at radius 2 is 0.955 bits per heavy atom. The average molecular weight is 307 g/mol. The molecule has 0 aliphatic rings. The third-order valence-corrected chi connectivity index (χ3v) is 6.22. The van der Waals surface area contributed by atoms with E-state index in [1.165, 1.54) is 15.9 Å². The number of aromatic amines is 3.